The van der Waals surface area contributed by atoms with Crippen molar-refractivity contribution < 1.29 is 18.7 Å². The number of carbonyl (C=O) groups is 1. The van der Waals surface area contributed by atoms with Gasteiger partial charge in [0.1, 0.15) is 11.5 Å². The molecule has 2 heterocycles. The summed E-state index contributed by atoms with van der Waals surface area (Å²) >= 11 is 0. The zero-order valence-electron chi connectivity index (χ0n) is 14.8. The molecule has 8 heteroatoms. The number of fused-ring (bicyclic) bond motifs is 1. The predicted molar refractivity (Wildman–Crippen MR) is 101 cm³/mol. The van der Waals surface area contributed by atoms with Crippen LogP contribution in [0.25, 0.3) is 11.3 Å². The van der Waals surface area contributed by atoms with Crippen molar-refractivity contribution >= 4 is 17.4 Å². The summed E-state index contributed by atoms with van der Waals surface area (Å²) in [6.07, 6.45) is 2.07. The lowest BCUT2D eigenvalue weighted by atomic mass is 10.1. The van der Waals surface area contributed by atoms with E-state index in [-0.39, 0.29) is 12.5 Å². The number of nitrogens with zero attached hydrogens (tertiary/aromatic N) is 1. The van der Waals surface area contributed by atoms with Gasteiger partial charge in [-0.3, -0.25) is 5.10 Å². The Morgan fingerprint density at radius 1 is 1.11 bits per heavy atom. The summed E-state index contributed by atoms with van der Waals surface area (Å²) in [6.45, 7) is 0.183. The Morgan fingerprint density at radius 2 is 1.93 bits per heavy atom. The molecule has 0 bridgehead atoms. The molecule has 2 amide bonds. The van der Waals surface area contributed by atoms with Gasteiger partial charge in [-0.2, -0.15) is 5.10 Å². The lowest BCUT2D eigenvalue weighted by Gasteiger charge is -2.10. The number of hydrogen-bond acceptors (Lipinski definition) is 4. The smallest absolute Gasteiger partial charge is 0.323 e. The van der Waals surface area contributed by atoms with Gasteiger partial charge in [-0.1, -0.05) is 12.1 Å². The van der Waals surface area contributed by atoms with Gasteiger partial charge in [-0.05, 0) is 43.2 Å². The average Bonchev–Trinajstić information content (AvgIpc) is 3.28. The van der Waals surface area contributed by atoms with E-state index in [1.807, 2.05) is 18.2 Å². The van der Waals surface area contributed by atoms with Crippen LogP contribution in [0.2, 0.25) is 0 Å². The number of halogens is 1. The minimum Gasteiger partial charge on any atom is -0.454 e. The molecular weight excluding hydrogens is 363 g/mol. The van der Waals surface area contributed by atoms with Crippen LogP contribution in [0.4, 0.5) is 20.6 Å². The van der Waals surface area contributed by atoms with Crippen LogP contribution in [0.15, 0.2) is 42.5 Å². The van der Waals surface area contributed by atoms with Crippen LogP contribution >= 0.6 is 0 Å². The number of aromatic nitrogens is 2. The molecule has 3 aromatic rings. The summed E-state index contributed by atoms with van der Waals surface area (Å²) in [7, 11) is 0. The van der Waals surface area contributed by atoms with Gasteiger partial charge < -0.3 is 20.1 Å². The molecule has 7 nitrogen and oxygen atoms in total. The topological polar surface area (TPSA) is 88.3 Å². The van der Waals surface area contributed by atoms with Crippen LogP contribution in [0.3, 0.4) is 0 Å². The number of rotatable bonds is 4. The maximum absolute atomic E-state index is 13.8. The quantitative estimate of drug-likeness (QED) is 0.623. The van der Waals surface area contributed by atoms with Crippen LogP contribution in [-0.2, 0) is 0 Å². The van der Waals surface area contributed by atoms with E-state index in [4.69, 9.17) is 9.47 Å². The molecule has 0 radical (unpaired) electrons. The van der Waals surface area contributed by atoms with Crippen molar-refractivity contribution in [3.8, 4) is 22.8 Å². The second-order valence-electron chi connectivity index (χ2n) is 6.76. The summed E-state index contributed by atoms with van der Waals surface area (Å²) in [5.41, 5.74) is 2.96. The van der Waals surface area contributed by atoms with Crippen molar-refractivity contribution in [2.75, 3.05) is 17.4 Å². The zero-order chi connectivity index (χ0) is 19.1. The Morgan fingerprint density at radius 3 is 2.75 bits per heavy atom. The third-order valence-corrected chi connectivity index (χ3v) is 4.79. The fourth-order valence-electron chi connectivity index (χ4n) is 3.23. The lowest BCUT2D eigenvalue weighted by molar-refractivity contribution is 0.174. The Labute approximate surface area is 159 Å². The average molecular weight is 380 g/mol. The molecule has 5 rings (SSSR count). The fourth-order valence-corrected chi connectivity index (χ4v) is 3.23. The molecule has 1 aromatic heterocycles. The van der Waals surface area contributed by atoms with Gasteiger partial charge in [0.05, 0.1) is 17.1 Å². The highest BCUT2D eigenvalue weighted by Gasteiger charge is 2.31. The molecule has 0 saturated heterocycles. The fraction of sp³-hybridized carbons (Fsp3) is 0.200. The number of urea groups is 1. The van der Waals surface area contributed by atoms with Crippen molar-refractivity contribution in [1.29, 1.82) is 0 Å². The third kappa shape index (κ3) is 3.02. The number of para-hydroxylation sites is 1. The number of carbonyl (C=O) groups excluding carboxylic acids is 1. The Kier molecular flexibility index (Phi) is 3.89. The van der Waals surface area contributed by atoms with E-state index in [0.29, 0.717) is 28.8 Å². The van der Waals surface area contributed by atoms with Gasteiger partial charge >= 0.3 is 6.03 Å². The van der Waals surface area contributed by atoms with E-state index in [1.165, 1.54) is 12.1 Å². The van der Waals surface area contributed by atoms with Crippen molar-refractivity contribution in [3.05, 3.63) is 54.0 Å². The molecule has 0 unspecified atom stereocenters. The molecule has 28 heavy (non-hydrogen) atoms. The summed E-state index contributed by atoms with van der Waals surface area (Å²) in [6, 6.07) is 11.0. The first-order chi connectivity index (χ1) is 13.7. The first-order valence-electron chi connectivity index (χ1n) is 9.00. The van der Waals surface area contributed by atoms with Crippen molar-refractivity contribution in [2.45, 2.75) is 18.8 Å². The maximum atomic E-state index is 13.8. The van der Waals surface area contributed by atoms with Crippen LogP contribution in [0.1, 0.15) is 24.5 Å². The molecule has 3 N–H and O–H groups in total. The van der Waals surface area contributed by atoms with Crippen LogP contribution < -0.4 is 20.1 Å². The SMILES string of the molecule is O=C(Nc1ccccc1F)Nc1c(-c2ccc3c(c2)OCO3)n[nH]c1C1CC1. The van der Waals surface area contributed by atoms with Crippen molar-refractivity contribution in [1.82, 2.24) is 10.2 Å². The van der Waals surface area contributed by atoms with Crippen LogP contribution in [-0.4, -0.2) is 23.0 Å². The number of ether oxygens (including phenoxy) is 2. The summed E-state index contributed by atoms with van der Waals surface area (Å²) in [5, 5.41) is 12.8. The highest BCUT2D eigenvalue weighted by molar-refractivity contribution is 6.02. The van der Waals surface area contributed by atoms with Gasteiger partial charge in [-0.25, -0.2) is 9.18 Å². The monoisotopic (exact) mass is 380 g/mol. The van der Waals surface area contributed by atoms with E-state index in [0.717, 1.165) is 24.1 Å². The molecule has 1 aliphatic heterocycles. The molecule has 1 saturated carbocycles. The Balaban J connectivity index is 1.45. The maximum Gasteiger partial charge on any atom is 0.323 e. The van der Waals surface area contributed by atoms with Crippen LogP contribution in [0, 0.1) is 5.82 Å². The standard InChI is InChI=1S/C20H17FN4O3/c21-13-3-1-2-4-14(13)22-20(26)23-19-17(11-5-6-11)24-25-18(19)12-7-8-15-16(9-12)28-10-27-15/h1-4,7-9,11H,5-6,10H2,(H,24,25)(H2,22,23,26). The number of amides is 2. The van der Waals surface area contributed by atoms with E-state index in [1.54, 1.807) is 12.1 Å². The van der Waals surface area contributed by atoms with E-state index in [2.05, 4.69) is 20.8 Å². The molecule has 2 aliphatic rings. The molecule has 0 atom stereocenters. The minimum atomic E-state index is -0.532. The number of benzene rings is 2. The summed E-state index contributed by atoms with van der Waals surface area (Å²) in [4.78, 5) is 12.5. The largest absolute Gasteiger partial charge is 0.454 e. The molecule has 1 aliphatic carbocycles. The van der Waals surface area contributed by atoms with Gasteiger partial charge in [0.15, 0.2) is 11.5 Å². The van der Waals surface area contributed by atoms with E-state index >= 15 is 0 Å². The molecule has 1 fully saturated rings. The normalized spacial score (nSPS) is 14.8. The Hall–Kier alpha value is -3.55. The van der Waals surface area contributed by atoms with Crippen molar-refractivity contribution in [3.63, 3.8) is 0 Å². The first-order valence-corrected chi connectivity index (χ1v) is 9.00. The van der Waals surface area contributed by atoms with Crippen molar-refractivity contribution in [2.24, 2.45) is 0 Å². The lowest BCUT2D eigenvalue weighted by Crippen LogP contribution is -2.21. The first kappa shape index (κ1) is 16.6. The Bertz CT molecular complexity index is 1060. The van der Waals surface area contributed by atoms with Gasteiger partial charge in [-0.15, -0.1) is 0 Å². The highest BCUT2D eigenvalue weighted by Crippen LogP contribution is 2.46. The second kappa shape index (κ2) is 6.56. The van der Waals surface area contributed by atoms with Crippen LogP contribution in [0.5, 0.6) is 11.5 Å². The van der Waals surface area contributed by atoms with Gasteiger partial charge in [0, 0.05) is 11.5 Å². The highest BCUT2D eigenvalue weighted by atomic mass is 19.1. The number of anilines is 2. The number of H-pyrrole nitrogens is 1. The number of aromatic amines is 1. The van der Waals surface area contributed by atoms with E-state index in [9.17, 15) is 9.18 Å². The zero-order valence-corrected chi connectivity index (χ0v) is 14.8. The predicted octanol–water partition coefficient (Wildman–Crippen LogP) is 4.47. The molecule has 2 aromatic carbocycles. The third-order valence-electron chi connectivity index (χ3n) is 4.79. The summed E-state index contributed by atoms with van der Waals surface area (Å²) < 4.78 is 24.6. The molecule has 142 valence electrons. The number of hydrogen-bond donors (Lipinski definition) is 3. The minimum absolute atomic E-state index is 0.112. The van der Waals surface area contributed by atoms with E-state index < -0.39 is 11.8 Å². The molecule has 0 spiro atoms. The van der Waals surface area contributed by atoms with Gasteiger partial charge in [0.2, 0.25) is 6.79 Å². The second-order valence-corrected chi connectivity index (χ2v) is 6.76. The summed E-state index contributed by atoms with van der Waals surface area (Å²) in [5.74, 6) is 1.14. The van der Waals surface area contributed by atoms with Gasteiger partial charge in [0.25, 0.3) is 0 Å². The number of nitrogens with one attached hydrogen (secondary N) is 3. The molecular formula is C20H17FN4O3.